The standard InChI is InChI=1S/C12H15BrClN/c13-9-10-11(14)5-4-6-12(10)15-7-2-1-3-8-15/h4-6H,1-3,7-9H2. The molecule has 1 aromatic rings. The number of benzene rings is 1. The van der Waals surface area contributed by atoms with Gasteiger partial charge in [0.05, 0.1) is 0 Å². The van der Waals surface area contributed by atoms with Crippen LogP contribution in [0.1, 0.15) is 24.8 Å². The van der Waals surface area contributed by atoms with E-state index in [1.165, 1.54) is 43.6 Å². The molecule has 1 aliphatic heterocycles. The Balaban J connectivity index is 2.29. The summed E-state index contributed by atoms with van der Waals surface area (Å²) in [6.45, 7) is 2.33. The Labute approximate surface area is 105 Å². The molecular formula is C12H15BrClN. The molecule has 0 spiro atoms. The molecule has 0 amide bonds. The van der Waals surface area contributed by atoms with E-state index in [-0.39, 0.29) is 0 Å². The van der Waals surface area contributed by atoms with Crippen molar-refractivity contribution in [3.63, 3.8) is 0 Å². The van der Waals surface area contributed by atoms with Crippen molar-refractivity contribution in [3.05, 3.63) is 28.8 Å². The molecule has 1 heterocycles. The van der Waals surface area contributed by atoms with Crippen LogP contribution in [-0.4, -0.2) is 13.1 Å². The summed E-state index contributed by atoms with van der Waals surface area (Å²) in [6.07, 6.45) is 3.96. The Morgan fingerprint density at radius 3 is 2.60 bits per heavy atom. The average molecular weight is 289 g/mol. The smallest absolute Gasteiger partial charge is 0.0467 e. The number of alkyl halides is 1. The second-order valence-corrected chi connectivity index (χ2v) is 4.89. The number of hydrogen-bond donors (Lipinski definition) is 0. The Kier molecular flexibility index (Phi) is 3.92. The average Bonchev–Trinajstić information content (AvgIpc) is 2.30. The van der Waals surface area contributed by atoms with Crippen molar-refractivity contribution in [3.8, 4) is 0 Å². The van der Waals surface area contributed by atoms with Crippen molar-refractivity contribution >= 4 is 33.2 Å². The lowest BCUT2D eigenvalue weighted by molar-refractivity contribution is 0.577. The van der Waals surface area contributed by atoms with Crippen LogP contribution in [0.25, 0.3) is 0 Å². The van der Waals surface area contributed by atoms with E-state index in [0.29, 0.717) is 0 Å². The van der Waals surface area contributed by atoms with E-state index in [4.69, 9.17) is 11.6 Å². The number of rotatable bonds is 2. The highest BCUT2D eigenvalue weighted by atomic mass is 79.9. The molecule has 0 radical (unpaired) electrons. The fourth-order valence-corrected chi connectivity index (χ4v) is 3.10. The first-order chi connectivity index (χ1) is 7.33. The van der Waals surface area contributed by atoms with E-state index >= 15 is 0 Å². The largest absolute Gasteiger partial charge is 0.371 e. The lowest BCUT2D eigenvalue weighted by atomic mass is 10.1. The van der Waals surface area contributed by atoms with Crippen molar-refractivity contribution < 1.29 is 0 Å². The first-order valence-corrected chi connectivity index (χ1v) is 6.91. The van der Waals surface area contributed by atoms with Gasteiger partial charge in [-0.2, -0.15) is 0 Å². The molecule has 2 rings (SSSR count). The number of nitrogens with zero attached hydrogens (tertiary/aromatic N) is 1. The van der Waals surface area contributed by atoms with Crippen molar-refractivity contribution in [2.75, 3.05) is 18.0 Å². The van der Waals surface area contributed by atoms with Crippen LogP contribution in [0.5, 0.6) is 0 Å². The molecule has 1 aromatic carbocycles. The highest BCUT2D eigenvalue weighted by molar-refractivity contribution is 9.08. The molecular weight excluding hydrogens is 273 g/mol. The van der Waals surface area contributed by atoms with Crippen molar-refractivity contribution in [1.82, 2.24) is 0 Å². The van der Waals surface area contributed by atoms with Crippen molar-refractivity contribution in [1.29, 1.82) is 0 Å². The van der Waals surface area contributed by atoms with Gasteiger partial charge in [-0.25, -0.2) is 0 Å². The maximum atomic E-state index is 6.19. The fourth-order valence-electron chi connectivity index (χ4n) is 2.11. The maximum absolute atomic E-state index is 6.19. The molecule has 0 atom stereocenters. The minimum Gasteiger partial charge on any atom is -0.371 e. The molecule has 0 aliphatic carbocycles. The summed E-state index contributed by atoms with van der Waals surface area (Å²) in [4.78, 5) is 2.45. The topological polar surface area (TPSA) is 3.24 Å². The quantitative estimate of drug-likeness (QED) is 0.736. The summed E-state index contributed by atoms with van der Waals surface area (Å²) < 4.78 is 0. The van der Waals surface area contributed by atoms with Gasteiger partial charge in [0.15, 0.2) is 0 Å². The molecule has 0 aromatic heterocycles. The first-order valence-electron chi connectivity index (χ1n) is 5.41. The Hall–Kier alpha value is -0.210. The fraction of sp³-hybridized carbons (Fsp3) is 0.500. The van der Waals surface area contributed by atoms with Gasteiger partial charge in [0.25, 0.3) is 0 Å². The summed E-state index contributed by atoms with van der Waals surface area (Å²) in [5.41, 5.74) is 2.53. The van der Waals surface area contributed by atoms with Gasteiger partial charge in [0, 0.05) is 34.7 Å². The van der Waals surface area contributed by atoms with Gasteiger partial charge in [0.1, 0.15) is 0 Å². The summed E-state index contributed by atoms with van der Waals surface area (Å²) in [5.74, 6) is 0. The van der Waals surface area contributed by atoms with Gasteiger partial charge < -0.3 is 4.90 Å². The lowest BCUT2D eigenvalue weighted by Gasteiger charge is -2.30. The molecule has 0 unspecified atom stereocenters. The van der Waals surface area contributed by atoms with Gasteiger partial charge in [-0.05, 0) is 31.4 Å². The molecule has 15 heavy (non-hydrogen) atoms. The van der Waals surface area contributed by atoms with Gasteiger partial charge >= 0.3 is 0 Å². The Morgan fingerprint density at radius 1 is 1.20 bits per heavy atom. The Morgan fingerprint density at radius 2 is 1.93 bits per heavy atom. The maximum Gasteiger partial charge on any atom is 0.0467 e. The Bertz CT molecular complexity index is 334. The molecule has 0 N–H and O–H groups in total. The third-order valence-corrected chi connectivity index (χ3v) is 3.84. The third-order valence-electron chi connectivity index (χ3n) is 2.92. The van der Waals surface area contributed by atoms with Crippen LogP contribution in [0.15, 0.2) is 18.2 Å². The molecule has 3 heteroatoms. The zero-order valence-electron chi connectivity index (χ0n) is 8.68. The highest BCUT2D eigenvalue weighted by Crippen LogP contribution is 2.31. The number of piperidine rings is 1. The highest BCUT2D eigenvalue weighted by Gasteiger charge is 2.15. The molecule has 1 nitrogen and oxygen atoms in total. The van der Waals surface area contributed by atoms with Crippen LogP contribution < -0.4 is 4.90 Å². The van der Waals surface area contributed by atoms with Gasteiger partial charge in [-0.3, -0.25) is 0 Å². The lowest BCUT2D eigenvalue weighted by Crippen LogP contribution is -2.30. The number of halogens is 2. The SMILES string of the molecule is Clc1cccc(N2CCCCC2)c1CBr. The van der Waals surface area contributed by atoms with E-state index < -0.39 is 0 Å². The predicted octanol–water partition coefficient (Wildman–Crippen LogP) is 4.23. The minimum atomic E-state index is 0.832. The molecule has 0 saturated carbocycles. The van der Waals surface area contributed by atoms with E-state index in [1.807, 2.05) is 12.1 Å². The summed E-state index contributed by atoms with van der Waals surface area (Å²) >= 11 is 9.71. The molecule has 82 valence electrons. The summed E-state index contributed by atoms with van der Waals surface area (Å²) in [5, 5.41) is 1.70. The van der Waals surface area contributed by atoms with Crippen LogP contribution >= 0.6 is 27.5 Å². The van der Waals surface area contributed by atoms with E-state index in [1.54, 1.807) is 0 Å². The zero-order valence-corrected chi connectivity index (χ0v) is 11.0. The summed E-state index contributed by atoms with van der Waals surface area (Å²) in [6, 6.07) is 6.18. The molecule has 1 aliphatic rings. The van der Waals surface area contributed by atoms with E-state index in [2.05, 4.69) is 26.9 Å². The zero-order chi connectivity index (χ0) is 10.7. The molecule has 1 saturated heterocycles. The van der Waals surface area contributed by atoms with Gasteiger partial charge in [-0.1, -0.05) is 33.6 Å². The van der Waals surface area contributed by atoms with Gasteiger partial charge in [-0.15, -0.1) is 0 Å². The normalized spacial score (nSPS) is 16.8. The number of anilines is 1. The summed E-state index contributed by atoms with van der Waals surface area (Å²) in [7, 11) is 0. The molecule has 0 bridgehead atoms. The van der Waals surface area contributed by atoms with Crippen molar-refractivity contribution in [2.45, 2.75) is 24.6 Å². The van der Waals surface area contributed by atoms with Crippen LogP contribution in [0.3, 0.4) is 0 Å². The van der Waals surface area contributed by atoms with Gasteiger partial charge in [0.2, 0.25) is 0 Å². The van der Waals surface area contributed by atoms with Crippen LogP contribution in [-0.2, 0) is 5.33 Å². The molecule has 1 fully saturated rings. The second-order valence-electron chi connectivity index (χ2n) is 3.92. The third kappa shape index (κ3) is 2.48. The monoisotopic (exact) mass is 287 g/mol. The number of hydrogen-bond acceptors (Lipinski definition) is 1. The van der Waals surface area contributed by atoms with Crippen LogP contribution in [0.4, 0.5) is 5.69 Å². The van der Waals surface area contributed by atoms with Crippen molar-refractivity contribution in [2.24, 2.45) is 0 Å². The van der Waals surface area contributed by atoms with E-state index in [9.17, 15) is 0 Å². The second kappa shape index (κ2) is 5.22. The van der Waals surface area contributed by atoms with E-state index in [0.717, 1.165) is 10.4 Å². The van der Waals surface area contributed by atoms with Crippen LogP contribution in [0, 0.1) is 0 Å². The minimum absolute atomic E-state index is 0.832. The predicted molar refractivity (Wildman–Crippen MR) is 70.1 cm³/mol. The van der Waals surface area contributed by atoms with Crippen LogP contribution in [0.2, 0.25) is 5.02 Å². The first kappa shape index (κ1) is 11.3.